The second-order valence-electron chi connectivity index (χ2n) is 4.40. The molecule has 0 aromatic heterocycles. The number of hydrogen-bond acceptors (Lipinski definition) is 4. The average Bonchev–Trinajstić information content (AvgIpc) is 2.52. The maximum Gasteiger partial charge on any atom is 0.179 e. The molecule has 112 valence electrons. The van der Waals surface area contributed by atoms with Gasteiger partial charge in [-0.25, -0.2) is 0 Å². The van der Waals surface area contributed by atoms with Crippen LogP contribution in [0.25, 0.3) is 0 Å². The van der Waals surface area contributed by atoms with Crippen molar-refractivity contribution < 1.29 is 14.2 Å². The Bertz CT molecular complexity index is 616. The third kappa shape index (κ3) is 3.73. The molecule has 0 saturated heterocycles. The van der Waals surface area contributed by atoms with E-state index in [1.54, 1.807) is 21.3 Å². The van der Waals surface area contributed by atoms with Crippen LogP contribution in [0.3, 0.4) is 0 Å². The van der Waals surface area contributed by atoms with Crippen LogP contribution < -0.4 is 19.5 Å². The van der Waals surface area contributed by atoms with E-state index in [2.05, 4.69) is 5.32 Å². The van der Waals surface area contributed by atoms with E-state index in [-0.39, 0.29) is 0 Å². The fourth-order valence-electron chi connectivity index (χ4n) is 2.01. The number of ether oxygens (including phenoxy) is 3. The summed E-state index contributed by atoms with van der Waals surface area (Å²) in [5.74, 6) is 1.97. The van der Waals surface area contributed by atoms with Gasteiger partial charge in [-0.15, -0.1) is 0 Å². The predicted octanol–water partition coefficient (Wildman–Crippen LogP) is 3.98. The highest BCUT2D eigenvalue weighted by atomic mass is 35.5. The summed E-state index contributed by atoms with van der Waals surface area (Å²) >= 11 is 6.19. The summed E-state index contributed by atoms with van der Waals surface area (Å²) < 4.78 is 15.7. The maximum atomic E-state index is 6.19. The van der Waals surface area contributed by atoms with Gasteiger partial charge in [0.25, 0.3) is 0 Å². The first-order valence-corrected chi connectivity index (χ1v) is 6.84. The molecule has 0 saturated carbocycles. The first kappa shape index (κ1) is 15.3. The van der Waals surface area contributed by atoms with Gasteiger partial charge in [0.1, 0.15) is 5.75 Å². The molecular weight excluding hydrogens is 290 g/mol. The highest BCUT2D eigenvalue weighted by Crippen LogP contribution is 2.36. The van der Waals surface area contributed by atoms with Gasteiger partial charge < -0.3 is 19.5 Å². The van der Waals surface area contributed by atoms with E-state index in [0.29, 0.717) is 23.1 Å². The minimum absolute atomic E-state index is 0.527. The van der Waals surface area contributed by atoms with E-state index in [9.17, 15) is 0 Å². The topological polar surface area (TPSA) is 39.7 Å². The Balaban J connectivity index is 2.14. The molecule has 0 aliphatic rings. The van der Waals surface area contributed by atoms with Gasteiger partial charge in [0, 0.05) is 18.3 Å². The van der Waals surface area contributed by atoms with Crippen LogP contribution in [0, 0.1) is 0 Å². The first-order chi connectivity index (χ1) is 10.2. The molecule has 2 aromatic rings. The summed E-state index contributed by atoms with van der Waals surface area (Å²) in [4.78, 5) is 0. The molecule has 2 rings (SSSR count). The van der Waals surface area contributed by atoms with Gasteiger partial charge in [0.05, 0.1) is 26.4 Å². The molecule has 1 N–H and O–H groups in total. The van der Waals surface area contributed by atoms with E-state index >= 15 is 0 Å². The van der Waals surface area contributed by atoms with Crippen LogP contribution in [-0.4, -0.2) is 21.3 Å². The summed E-state index contributed by atoms with van der Waals surface area (Å²) in [5.41, 5.74) is 1.97. The van der Waals surface area contributed by atoms with Crippen LogP contribution in [0.2, 0.25) is 5.02 Å². The Hall–Kier alpha value is -2.07. The molecule has 0 heterocycles. The molecule has 0 radical (unpaired) electrons. The summed E-state index contributed by atoms with van der Waals surface area (Å²) in [6, 6.07) is 11.5. The van der Waals surface area contributed by atoms with Crippen LogP contribution in [0.5, 0.6) is 17.2 Å². The van der Waals surface area contributed by atoms with Gasteiger partial charge in [-0.1, -0.05) is 17.7 Å². The first-order valence-electron chi connectivity index (χ1n) is 6.46. The molecule has 0 spiro atoms. The quantitative estimate of drug-likeness (QED) is 0.876. The third-order valence-corrected chi connectivity index (χ3v) is 3.34. The lowest BCUT2D eigenvalue weighted by Gasteiger charge is -2.13. The van der Waals surface area contributed by atoms with Crippen molar-refractivity contribution in [3.05, 3.63) is 47.0 Å². The molecule has 0 amide bonds. The smallest absolute Gasteiger partial charge is 0.179 e. The maximum absolute atomic E-state index is 6.19. The Morgan fingerprint density at radius 2 is 1.81 bits per heavy atom. The molecule has 0 bridgehead atoms. The standard InChI is InChI=1S/C16H18ClNO3/c1-19-13-6-4-5-12(9-13)18-10-11-7-14(17)16(21-3)15(8-11)20-2/h4-9,18H,10H2,1-3H3. The van der Waals surface area contributed by atoms with Gasteiger partial charge in [0.15, 0.2) is 11.5 Å². The van der Waals surface area contributed by atoms with E-state index in [0.717, 1.165) is 17.0 Å². The van der Waals surface area contributed by atoms with Crippen molar-refractivity contribution in [3.63, 3.8) is 0 Å². The van der Waals surface area contributed by atoms with Crippen LogP contribution in [0.15, 0.2) is 36.4 Å². The molecule has 0 aliphatic heterocycles. The van der Waals surface area contributed by atoms with Crippen LogP contribution in [-0.2, 0) is 6.54 Å². The zero-order valence-electron chi connectivity index (χ0n) is 12.3. The van der Waals surface area contributed by atoms with Crippen molar-refractivity contribution in [3.8, 4) is 17.2 Å². The predicted molar refractivity (Wildman–Crippen MR) is 84.9 cm³/mol. The normalized spacial score (nSPS) is 10.1. The molecule has 21 heavy (non-hydrogen) atoms. The summed E-state index contributed by atoms with van der Waals surface area (Å²) in [5, 5.41) is 3.84. The summed E-state index contributed by atoms with van der Waals surface area (Å²) in [7, 11) is 4.80. The Labute approximate surface area is 129 Å². The Morgan fingerprint density at radius 3 is 2.48 bits per heavy atom. The minimum Gasteiger partial charge on any atom is -0.497 e. The van der Waals surface area contributed by atoms with E-state index < -0.39 is 0 Å². The lowest BCUT2D eigenvalue weighted by Crippen LogP contribution is -2.01. The number of hydrogen-bond donors (Lipinski definition) is 1. The molecule has 5 heteroatoms. The van der Waals surface area contributed by atoms with Gasteiger partial charge in [-0.2, -0.15) is 0 Å². The van der Waals surface area contributed by atoms with Crippen LogP contribution in [0.4, 0.5) is 5.69 Å². The zero-order valence-corrected chi connectivity index (χ0v) is 13.0. The molecule has 0 aliphatic carbocycles. The number of rotatable bonds is 6. The molecular formula is C16H18ClNO3. The second-order valence-corrected chi connectivity index (χ2v) is 4.81. The van der Waals surface area contributed by atoms with E-state index in [1.165, 1.54) is 0 Å². The van der Waals surface area contributed by atoms with Crippen LogP contribution >= 0.6 is 11.6 Å². The van der Waals surface area contributed by atoms with Crippen molar-refractivity contribution in [1.29, 1.82) is 0 Å². The van der Waals surface area contributed by atoms with Gasteiger partial charge in [0.2, 0.25) is 0 Å². The highest BCUT2D eigenvalue weighted by molar-refractivity contribution is 6.32. The molecule has 0 atom stereocenters. The van der Waals surface area contributed by atoms with Gasteiger partial charge in [-0.3, -0.25) is 0 Å². The van der Waals surface area contributed by atoms with Crippen molar-refractivity contribution in [1.82, 2.24) is 0 Å². The van der Waals surface area contributed by atoms with E-state index in [1.807, 2.05) is 36.4 Å². The summed E-state index contributed by atoms with van der Waals surface area (Å²) in [6.45, 7) is 0.618. The summed E-state index contributed by atoms with van der Waals surface area (Å²) in [6.07, 6.45) is 0. The molecule has 0 fully saturated rings. The fraction of sp³-hybridized carbons (Fsp3) is 0.250. The van der Waals surface area contributed by atoms with Gasteiger partial charge in [-0.05, 0) is 29.8 Å². The molecule has 4 nitrogen and oxygen atoms in total. The average molecular weight is 308 g/mol. The number of nitrogens with one attached hydrogen (secondary N) is 1. The van der Waals surface area contributed by atoms with Crippen molar-refractivity contribution in [2.24, 2.45) is 0 Å². The fourth-order valence-corrected chi connectivity index (χ4v) is 2.32. The van der Waals surface area contributed by atoms with Crippen molar-refractivity contribution >= 4 is 17.3 Å². The van der Waals surface area contributed by atoms with Gasteiger partial charge >= 0.3 is 0 Å². The van der Waals surface area contributed by atoms with Crippen molar-refractivity contribution in [2.45, 2.75) is 6.54 Å². The largest absolute Gasteiger partial charge is 0.497 e. The lowest BCUT2D eigenvalue weighted by atomic mass is 10.2. The minimum atomic E-state index is 0.527. The van der Waals surface area contributed by atoms with Crippen LogP contribution in [0.1, 0.15) is 5.56 Å². The number of methoxy groups -OCH3 is 3. The zero-order chi connectivity index (χ0) is 15.2. The Morgan fingerprint density at radius 1 is 1.00 bits per heavy atom. The Kier molecular flexibility index (Phi) is 5.17. The number of halogens is 1. The third-order valence-electron chi connectivity index (χ3n) is 3.06. The lowest BCUT2D eigenvalue weighted by molar-refractivity contribution is 0.355. The molecule has 2 aromatic carbocycles. The second kappa shape index (κ2) is 7.09. The molecule has 0 unspecified atom stereocenters. The van der Waals surface area contributed by atoms with E-state index in [4.69, 9.17) is 25.8 Å². The monoisotopic (exact) mass is 307 g/mol. The highest BCUT2D eigenvalue weighted by Gasteiger charge is 2.10. The number of anilines is 1. The SMILES string of the molecule is COc1cccc(NCc2cc(Cl)c(OC)c(OC)c2)c1. The van der Waals surface area contributed by atoms with Crippen molar-refractivity contribution in [2.75, 3.05) is 26.6 Å². The number of benzene rings is 2.